The molecule has 0 amide bonds. The zero-order chi connectivity index (χ0) is 14.5. The molecule has 0 atom stereocenters. The van der Waals surface area contributed by atoms with Crippen LogP contribution in [0.5, 0.6) is 0 Å². The first-order valence-corrected chi connectivity index (χ1v) is 7.11. The summed E-state index contributed by atoms with van der Waals surface area (Å²) in [5, 5.41) is 0. The summed E-state index contributed by atoms with van der Waals surface area (Å²) in [5.74, 6) is 0.962. The molecule has 1 aromatic carbocycles. The monoisotopic (exact) mass is 278 g/mol. The number of hydrogen-bond donors (Lipinski definition) is 1. The molecule has 0 unspecified atom stereocenters. The Kier molecular flexibility index (Phi) is 4.82. The van der Waals surface area contributed by atoms with Crippen LogP contribution < -0.4 is 10.6 Å². The Morgan fingerprint density at radius 2 is 1.80 bits per heavy atom. The number of piperazine rings is 1. The number of nitrogens with zero attached hydrogens (tertiary/aromatic N) is 3. The molecule has 0 aromatic heterocycles. The number of halogens is 1. The van der Waals surface area contributed by atoms with Crippen LogP contribution in [0.1, 0.15) is 13.8 Å². The standard InChI is InChI=1S/C15H23FN4/c1-12(2)11-18-15(17)20-9-7-19(8-10-20)14-5-3-13(16)4-6-14/h3-6,12H,7-11H2,1-2H3,(H2,17,18). The minimum atomic E-state index is -0.197. The van der Waals surface area contributed by atoms with Crippen molar-refractivity contribution in [1.82, 2.24) is 4.90 Å². The van der Waals surface area contributed by atoms with Gasteiger partial charge in [0.2, 0.25) is 0 Å². The van der Waals surface area contributed by atoms with Crippen LogP contribution in [-0.2, 0) is 0 Å². The van der Waals surface area contributed by atoms with Crippen LogP contribution in [-0.4, -0.2) is 43.6 Å². The normalized spacial score (nSPS) is 16.9. The van der Waals surface area contributed by atoms with Crippen LogP contribution in [0.2, 0.25) is 0 Å². The minimum absolute atomic E-state index is 0.197. The van der Waals surface area contributed by atoms with E-state index < -0.39 is 0 Å². The lowest BCUT2D eigenvalue weighted by atomic mass is 10.2. The summed E-state index contributed by atoms with van der Waals surface area (Å²) in [6.07, 6.45) is 0. The maximum atomic E-state index is 12.9. The third-order valence-electron chi connectivity index (χ3n) is 3.41. The fourth-order valence-electron chi connectivity index (χ4n) is 2.22. The van der Waals surface area contributed by atoms with E-state index in [0.29, 0.717) is 11.9 Å². The molecule has 0 radical (unpaired) electrons. The van der Waals surface area contributed by atoms with Crippen molar-refractivity contribution in [1.29, 1.82) is 0 Å². The molecule has 2 N–H and O–H groups in total. The van der Waals surface area contributed by atoms with Crippen LogP contribution in [0.15, 0.2) is 29.3 Å². The molecule has 0 saturated carbocycles. The van der Waals surface area contributed by atoms with Crippen LogP contribution in [0.25, 0.3) is 0 Å². The van der Waals surface area contributed by atoms with Gasteiger partial charge >= 0.3 is 0 Å². The molecule has 110 valence electrons. The molecule has 0 aliphatic carbocycles. The Balaban J connectivity index is 1.89. The van der Waals surface area contributed by atoms with Crippen molar-refractivity contribution in [2.75, 3.05) is 37.6 Å². The number of anilines is 1. The van der Waals surface area contributed by atoms with E-state index in [9.17, 15) is 4.39 Å². The van der Waals surface area contributed by atoms with Crippen molar-refractivity contribution in [3.8, 4) is 0 Å². The van der Waals surface area contributed by atoms with E-state index in [-0.39, 0.29) is 5.82 Å². The van der Waals surface area contributed by atoms with E-state index >= 15 is 0 Å². The van der Waals surface area contributed by atoms with Gasteiger partial charge in [0.1, 0.15) is 5.82 Å². The van der Waals surface area contributed by atoms with Gasteiger partial charge in [-0.3, -0.25) is 4.99 Å². The average Bonchev–Trinajstić information content (AvgIpc) is 2.46. The molecule has 20 heavy (non-hydrogen) atoms. The smallest absolute Gasteiger partial charge is 0.191 e. The number of aliphatic imine (C=N–C) groups is 1. The van der Waals surface area contributed by atoms with Crippen LogP contribution in [0, 0.1) is 11.7 Å². The first-order chi connectivity index (χ1) is 9.56. The van der Waals surface area contributed by atoms with Gasteiger partial charge in [0.25, 0.3) is 0 Å². The number of guanidine groups is 1. The second-order valence-electron chi connectivity index (χ2n) is 5.54. The van der Waals surface area contributed by atoms with Crippen LogP contribution >= 0.6 is 0 Å². The van der Waals surface area contributed by atoms with Gasteiger partial charge in [0, 0.05) is 38.4 Å². The Bertz CT molecular complexity index is 447. The van der Waals surface area contributed by atoms with E-state index in [0.717, 1.165) is 38.4 Å². The van der Waals surface area contributed by atoms with Crippen LogP contribution in [0.4, 0.5) is 10.1 Å². The Morgan fingerprint density at radius 1 is 1.20 bits per heavy atom. The number of nitrogens with two attached hydrogens (primary N) is 1. The van der Waals surface area contributed by atoms with Crippen molar-refractivity contribution in [2.24, 2.45) is 16.6 Å². The molecule has 0 spiro atoms. The van der Waals surface area contributed by atoms with Gasteiger partial charge < -0.3 is 15.5 Å². The molecule has 1 aromatic rings. The molecular formula is C15H23FN4. The quantitative estimate of drug-likeness (QED) is 0.678. The largest absolute Gasteiger partial charge is 0.370 e. The lowest BCUT2D eigenvalue weighted by Gasteiger charge is -2.36. The number of rotatable bonds is 3. The summed E-state index contributed by atoms with van der Waals surface area (Å²) in [7, 11) is 0. The molecule has 0 bridgehead atoms. The van der Waals surface area contributed by atoms with E-state index in [4.69, 9.17) is 5.73 Å². The molecule has 5 heteroatoms. The minimum Gasteiger partial charge on any atom is -0.370 e. The third kappa shape index (κ3) is 3.85. The molecule has 1 fully saturated rings. The fraction of sp³-hybridized carbons (Fsp3) is 0.533. The molecular weight excluding hydrogens is 255 g/mol. The van der Waals surface area contributed by atoms with Crippen molar-refractivity contribution in [2.45, 2.75) is 13.8 Å². The molecule has 1 heterocycles. The summed E-state index contributed by atoms with van der Waals surface area (Å²) < 4.78 is 12.9. The second-order valence-corrected chi connectivity index (χ2v) is 5.54. The summed E-state index contributed by atoms with van der Waals surface area (Å²) >= 11 is 0. The van der Waals surface area contributed by atoms with Gasteiger partial charge in [-0.1, -0.05) is 13.8 Å². The Hall–Kier alpha value is -1.78. The zero-order valence-corrected chi connectivity index (χ0v) is 12.2. The molecule has 1 saturated heterocycles. The number of benzene rings is 1. The topological polar surface area (TPSA) is 44.9 Å². The van der Waals surface area contributed by atoms with Gasteiger partial charge in [-0.2, -0.15) is 0 Å². The SMILES string of the molecule is CC(C)CN=C(N)N1CCN(c2ccc(F)cc2)CC1. The van der Waals surface area contributed by atoms with Gasteiger partial charge in [0.15, 0.2) is 5.96 Å². The first kappa shape index (κ1) is 14.6. The Morgan fingerprint density at radius 3 is 2.35 bits per heavy atom. The predicted octanol–water partition coefficient (Wildman–Crippen LogP) is 1.92. The highest BCUT2D eigenvalue weighted by Gasteiger charge is 2.18. The predicted molar refractivity (Wildman–Crippen MR) is 81.5 cm³/mol. The molecule has 1 aliphatic heterocycles. The lowest BCUT2D eigenvalue weighted by molar-refractivity contribution is 0.380. The first-order valence-electron chi connectivity index (χ1n) is 7.11. The van der Waals surface area contributed by atoms with Gasteiger partial charge in [-0.05, 0) is 30.2 Å². The summed E-state index contributed by atoms with van der Waals surface area (Å²) in [6.45, 7) is 8.49. The summed E-state index contributed by atoms with van der Waals surface area (Å²) in [4.78, 5) is 8.76. The van der Waals surface area contributed by atoms with Gasteiger partial charge in [-0.25, -0.2) is 4.39 Å². The van der Waals surface area contributed by atoms with Gasteiger partial charge in [-0.15, -0.1) is 0 Å². The number of hydrogen-bond acceptors (Lipinski definition) is 2. The molecule has 4 nitrogen and oxygen atoms in total. The summed E-state index contributed by atoms with van der Waals surface area (Å²) in [5.41, 5.74) is 7.07. The van der Waals surface area contributed by atoms with Crippen molar-refractivity contribution >= 4 is 11.6 Å². The maximum Gasteiger partial charge on any atom is 0.191 e. The molecule has 2 rings (SSSR count). The van der Waals surface area contributed by atoms with Crippen molar-refractivity contribution in [3.05, 3.63) is 30.1 Å². The molecule has 1 aliphatic rings. The third-order valence-corrected chi connectivity index (χ3v) is 3.41. The highest BCUT2D eigenvalue weighted by molar-refractivity contribution is 5.78. The highest BCUT2D eigenvalue weighted by Crippen LogP contribution is 2.16. The van der Waals surface area contributed by atoms with Gasteiger partial charge in [0.05, 0.1) is 0 Å². The zero-order valence-electron chi connectivity index (χ0n) is 12.2. The van der Waals surface area contributed by atoms with Crippen LogP contribution in [0.3, 0.4) is 0 Å². The maximum absolute atomic E-state index is 12.9. The highest BCUT2D eigenvalue weighted by atomic mass is 19.1. The second kappa shape index (κ2) is 6.59. The van der Waals surface area contributed by atoms with E-state index in [2.05, 4.69) is 28.6 Å². The average molecular weight is 278 g/mol. The fourth-order valence-corrected chi connectivity index (χ4v) is 2.22. The van der Waals surface area contributed by atoms with E-state index in [1.807, 2.05) is 12.1 Å². The summed E-state index contributed by atoms with van der Waals surface area (Å²) in [6, 6.07) is 6.64. The van der Waals surface area contributed by atoms with Crippen molar-refractivity contribution < 1.29 is 4.39 Å². The van der Waals surface area contributed by atoms with Crippen molar-refractivity contribution in [3.63, 3.8) is 0 Å². The van der Waals surface area contributed by atoms with E-state index in [1.165, 1.54) is 12.1 Å². The van der Waals surface area contributed by atoms with E-state index in [1.54, 1.807) is 0 Å². The Labute approximate surface area is 120 Å². The lowest BCUT2D eigenvalue weighted by Crippen LogP contribution is -2.51.